The summed E-state index contributed by atoms with van der Waals surface area (Å²) in [5, 5.41) is 9.41. The first-order valence-electron chi connectivity index (χ1n) is 4.24. The summed E-state index contributed by atoms with van der Waals surface area (Å²) < 4.78 is 5.13. The van der Waals surface area contributed by atoms with E-state index in [0.717, 1.165) is 0 Å². The molecule has 0 spiro atoms. The van der Waals surface area contributed by atoms with Crippen molar-refractivity contribution in [2.75, 3.05) is 0 Å². The highest BCUT2D eigenvalue weighted by Gasteiger charge is 2.46. The van der Waals surface area contributed by atoms with Gasteiger partial charge in [0.15, 0.2) is 6.29 Å². The second-order valence-electron chi connectivity index (χ2n) is 3.34. The molecule has 1 atom stereocenters. The van der Waals surface area contributed by atoms with E-state index in [1.54, 1.807) is 18.2 Å². The average molecular weight is 227 g/mol. The third-order valence-corrected chi connectivity index (χ3v) is 2.56. The Morgan fingerprint density at radius 1 is 1.60 bits per heavy atom. The lowest BCUT2D eigenvalue weighted by Crippen LogP contribution is -2.45. The van der Waals surface area contributed by atoms with E-state index in [1.807, 2.05) is 0 Å². The largest absolute Gasteiger partial charge is 0.478 e. The number of ether oxygens (including phenoxy) is 1. The molecule has 78 valence electrons. The minimum Gasteiger partial charge on any atom is -0.478 e. The van der Waals surface area contributed by atoms with Gasteiger partial charge < -0.3 is 9.84 Å². The van der Waals surface area contributed by atoms with Crippen LogP contribution in [-0.4, -0.2) is 23.0 Å². The number of hydrogen-bond acceptors (Lipinski definition) is 3. The smallest absolute Gasteiger partial charge is 0.356 e. The van der Waals surface area contributed by atoms with E-state index in [4.69, 9.17) is 21.4 Å². The molecule has 0 aromatic heterocycles. The van der Waals surface area contributed by atoms with Gasteiger partial charge in [-0.2, -0.15) is 0 Å². The van der Waals surface area contributed by atoms with E-state index in [-0.39, 0.29) is 6.42 Å². The molecule has 0 saturated heterocycles. The minimum atomic E-state index is -1.78. The van der Waals surface area contributed by atoms with Gasteiger partial charge >= 0.3 is 5.97 Å². The first-order valence-corrected chi connectivity index (χ1v) is 4.62. The number of aldehydes is 1. The summed E-state index contributed by atoms with van der Waals surface area (Å²) in [7, 11) is 0. The van der Waals surface area contributed by atoms with E-state index < -0.39 is 11.6 Å². The predicted molar refractivity (Wildman–Crippen MR) is 52.2 cm³/mol. The second-order valence-corrected chi connectivity index (χ2v) is 3.78. The van der Waals surface area contributed by atoms with Gasteiger partial charge in [0.1, 0.15) is 5.75 Å². The fourth-order valence-corrected chi connectivity index (χ4v) is 1.73. The lowest BCUT2D eigenvalue weighted by molar-refractivity contribution is -0.155. The molecule has 1 unspecified atom stereocenters. The van der Waals surface area contributed by atoms with Crippen LogP contribution in [0, 0.1) is 0 Å². The number of carboxylic acid groups (broad SMARTS) is 1. The van der Waals surface area contributed by atoms with Gasteiger partial charge in [-0.15, -0.1) is 0 Å². The summed E-state index contributed by atoms with van der Waals surface area (Å²) >= 11 is 5.75. The molecule has 1 aliphatic heterocycles. The Bertz CT molecular complexity index is 443. The Hall–Kier alpha value is -1.55. The van der Waals surface area contributed by atoms with Gasteiger partial charge in [-0.05, 0) is 18.2 Å². The molecule has 0 radical (unpaired) electrons. The Kier molecular flexibility index (Phi) is 2.16. The zero-order valence-electron chi connectivity index (χ0n) is 7.57. The van der Waals surface area contributed by atoms with Crippen molar-refractivity contribution in [2.24, 2.45) is 0 Å². The Balaban J connectivity index is 2.43. The number of carbonyl (C=O) groups is 2. The van der Waals surface area contributed by atoms with E-state index in [1.165, 1.54) is 0 Å². The number of rotatable bonds is 2. The second kappa shape index (κ2) is 3.24. The van der Waals surface area contributed by atoms with Gasteiger partial charge in [-0.1, -0.05) is 11.6 Å². The molecule has 1 aromatic carbocycles. The van der Waals surface area contributed by atoms with Crippen LogP contribution >= 0.6 is 11.6 Å². The number of aliphatic carboxylic acids is 1. The van der Waals surface area contributed by atoms with Crippen LogP contribution in [0.5, 0.6) is 5.75 Å². The van der Waals surface area contributed by atoms with Crippen LogP contribution in [-0.2, 0) is 16.0 Å². The Labute approximate surface area is 90.4 Å². The highest BCUT2D eigenvalue weighted by atomic mass is 35.5. The Morgan fingerprint density at radius 3 is 2.93 bits per heavy atom. The van der Waals surface area contributed by atoms with Gasteiger partial charge in [0, 0.05) is 17.0 Å². The summed E-state index contributed by atoms with van der Waals surface area (Å²) in [6.07, 6.45) is 0.324. The average Bonchev–Trinajstić information content (AvgIpc) is 2.56. The molecule has 4 nitrogen and oxygen atoms in total. The maximum atomic E-state index is 10.9. The van der Waals surface area contributed by atoms with Crippen molar-refractivity contribution in [1.29, 1.82) is 0 Å². The monoisotopic (exact) mass is 226 g/mol. The standard InChI is InChI=1S/C10H7ClO4/c11-7-1-2-8-6(3-7)4-10(5-12,15-8)9(13)14/h1-3,5H,4H2,(H,13,14). The highest BCUT2D eigenvalue weighted by molar-refractivity contribution is 6.30. The van der Waals surface area contributed by atoms with Crippen molar-refractivity contribution < 1.29 is 19.4 Å². The van der Waals surface area contributed by atoms with Gasteiger partial charge in [-0.25, -0.2) is 4.79 Å². The molecule has 0 bridgehead atoms. The molecule has 1 aliphatic rings. The van der Waals surface area contributed by atoms with Crippen LogP contribution < -0.4 is 4.74 Å². The number of fused-ring (bicyclic) bond motifs is 1. The van der Waals surface area contributed by atoms with Crippen molar-refractivity contribution in [3.63, 3.8) is 0 Å². The number of halogens is 1. The molecule has 5 heteroatoms. The number of carboxylic acids is 1. The summed E-state index contributed by atoms with van der Waals surface area (Å²) in [6.45, 7) is 0. The third kappa shape index (κ3) is 1.47. The van der Waals surface area contributed by atoms with E-state index in [0.29, 0.717) is 22.6 Å². The fraction of sp³-hybridized carbons (Fsp3) is 0.200. The van der Waals surface area contributed by atoms with Crippen LogP contribution in [0.25, 0.3) is 0 Å². The predicted octanol–water partition coefficient (Wildman–Crippen LogP) is 1.30. The maximum absolute atomic E-state index is 10.9. The molecule has 0 amide bonds. The maximum Gasteiger partial charge on any atom is 0.356 e. The van der Waals surface area contributed by atoms with Crippen molar-refractivity contribution in [2.45, 2.75) is 12.0 Å². The van der Waals surface area contributed by atoms with E-state index in [9.17, 15) is 9.59 Å². The van der Waals surface area contributed by atoms with Crippen LogP contribution in [0.3, 0.4) is 0 Å². The van der Waals surface area contributed by atoms with Gasteiger partial charge in [-0.3, -0.25) is 4.79 Å². The molecule has 0 fully saturated rings. The van der Waals surface area contributed by atoms with Crippen LogP contribution in [0.2, 0.25) is 5.02 Å². The molecule has 0 aliphatic carbocycles. The van der Waals surface area contributed by atoms with Crippen LogP contribution in [0.4, 0.5) is 0 Å². The lowest BCUT2D eigenvalue weighted by atomic mass is 9.99. The van der Waals surface area contributed by atoms with Gasteiger partial charge in [0.25, 0.3) is 5.60 Å². The molecule has 1 N–H and O–H groups in total. The molecule has 15 heavy (non-hydrogen) atoms. The number of carbonyl (C=O) groups excluding carboxylic acids is 1. The lowest BCUT2D eigenvalue weighted by Gasteiger charge is -2.15. The molecule has 2 rings (SSSR count). The Morgan fingerprint density at radius 2 is 2.33 bits per heavy atom. The van der Waals surface area contributed by atoms with Gasteiger partial charge in [0.05, 0.1) is 0 Å². The normalized spacial score (nSPS) is 23.0. The number of hydrogen-bond donors (Lipinski definition) is 1. The topological polar surface area (TPSA) is 63.6 Å². The van der Waals surface area contributed by atoms with Crippen molar-refractivity contribution >= 4 is 23.9 Å². The van der Waals surface area contributed by atoms with Crippen molar-refractivity contribution in [1.82, 2.24) is 0 Å². The zero-order valence-corrected chi connectivity index (χ0v) is 8.32. The first kappa shape index (κ1) is 9.98. The highest BCUT2D eigenvalue weighted by Crippen LogP contribution is 2.35. The fourth-order valence-electron chi connectivity index (χ4n) is 1.54. The van der Waals surface area contributed by atoms with Crippen molar-refractivity contribution in [3.05, 3.63) is 28.8 Å². The summed E-state index contributed by atoms with van der Waals surface area (Å²) in [4.78, 5) is 21.7. The SMILES string of the molecule is O=CC1(C(=O)O)Cc2cc(Cl)ccc2O1. The van der Waals surface area contributed by atoms with Crippen LogP contribution in [0.1, 0.15) is 5.56 Å². The molecule has 1 aromatic rings. The number of benzene rings is 1. The van der Waals surface area contributed by atoms with Crippen molar-refractivity contribution in [3.8, 4) is 5.75 Å². The summed E-state index contributed by atoms with van der Waals surface area (Å²) in [5.41, 5.74) is -1.15. The van der Waals surface area contributed by atoms with Gasteiger partial charge in [0.2, 0.25) is 0 Å². The molecule has 0 saturated carbocycles. The third-order valence-electron chi connectivity index (χ3n) is 2.32. The van der Waals surface area contributed by atoms with E-state index >= 15 is 0 Å². The quantitative estimate of drug-likeness (QED) is 0.610. The summed E-state index contributed by atoms with van der Waals surface area (Å²) in [6, 6.07) is 4.75. The zero-order chi connectivity index (χ0) is 11.1. The van der Waals surface area contributed by atoms with Crippen LogP contribution in [0.15, 0.2) is 18.2 Å². The summed E-state index contributed by atoms with van der Waals surface area (Å²) in [5.74, 6) is -0.890. The molecular weight excluding hydrogens is 220 g/mol. The molecule has 1 heterocycles. The first-order chi connectivity index (χ1) is 7.07. The minimum absolute atomic E-state index is 0.0156. The van der Waals surface area contributed by atoms with E-state index in [2.05, 4.69) is 0 Å². The molecular formula is C10H7ClO4.